The Hall–Kier alpha value is -1.77. The maximum atomic E-state index is 6.00. The Morgan fingerprint density at radius 3 is 2.60 bits per heavy atom. The molecule has 2 rings (SSSR count). The number of aryl methyl sites for hydroxylation is 1. The van der Waals surface area contributed by atoms with E-state index in [0.717, 1.165) is 23.3 Å². The highest BCUT2D eigenvalue weighted by Crippen LogP contribution is 2.35. The molecule has 0 bridgehead atoms. The van der Waals surface area contributed by atoms with E-state index < -0.39 is 0 Å². The van der Waals surface area contributed by atoms with Crippen LogP contribution in [0.4, 0.5) is 5.82 Å². The highest BCUT2D eigenvalue weighted by molar-refractivity contribution is 5.75. The summed E-state index contributed by atoms with van der Waals surface area (Å²) in [6, 6.07) is 8.29. The second kappa shape index (κ2) is 5.31. The molecule has 0 aliphatic rings. The monoisotopic (exact) mass is 272 g/mol. The lowest BCUT2D eigenvalue weighted by Crippen LogP contribution is -2.19. The Kier molecular flexibility index (Phi) is 3.89. The molecule has 0 spiro atoms. The normalized spacial score (nSPS) is 13.4. The van der Waals surface area contributed by atoms with Crippen molar-refractivity contribution in [2.75, 3.05) is 5.73 Å². The Morgan fingerprint density at radius 1 is 1.30 bits per heavy atom. The summed E-state index contributed by atoms with van der Waals surface area (Å²) in [6.07, 6.45) is 0.844. The van der Waals surface area contributed by atoms with Crippen LogP contribution in [-0.2, 0) is 6.42 Å². The van der Waals surface area contributed by atoms with Crippen LogP contribution in [0.1, 0.15) is 39.0 Å². The van der Waals surface area contributed by atoms with E-state index in [1.807, 2.05) is 6.07 Å². The lowest BCUT2D eigenvalue weighted by atomic mass is 9.79. The first-order valence-corrected chi connectivity index (χ1v) is 7.10. The van der Waals surface area contributed by atoms with Crippen LogP contribution >= 0.6 is 0 Å². The first-order valence-electron chi connectivity index (χ1n) is 7.10. The van der Waals surface area contributed by atoms with Crippen molar-refractivity contribution < 1.29 is 4.52 Å². The topological polar surface area (TPSA) is 52.0 Å². The number of hydrogen-bond donors (Lipinski definition) is 1. The average molecular weight is 272 g/mol. The zero-order chi connectivity index (χ0) is 14.9. The molecule has 0 saturated carbocycles. The number of hydrogen-bond acceptors (Lipinski definition) is 3. The molecule has 0 aliphatic carbocycles. The molecule has 0 amide bonds. The lowest BCUT2D eigenvalue weighted by molar-refractivity contribution is 0.240. The van der Waals surface area contributed by atoms with E-state index in [1.165, 1.54) is 5.56 Å². The Labute approximate surface area is 121 Å². The average Bonchev–Trinajstić information content (AvgIpc) is 2.69. The second-order valence-electron chi connectivity index (χ2n) is 6.71. The molecule has 1 atom stereocenters. The van der Waals surface area contributed by atoms with Crippen molar-refractivity contribution in [2.24, 2.45) is 11.3 Å². The van der Waals surface area contributed by atoms with Gasteiger partial charge in [0.1, 0.15) is 5.76 Å². The predicted octanol–water partition coefficient (Wildman–Crippen LogP) is 4.46. The SMILES string of the molecule is Cc1cccc(-c2c(N)noc2CC(C)C(C)(C)C)c1. The number of nitrogen functional groups attached to an aromatic ring is 1. The van der Waals surface area contributed by atoms with E-state index in [1.54, 1.807) is 0 Å². The molecule has 1 aromatic carbocycles. The van der Waals surface area contributed by atoms with Crippen molar-refractivity contribution in [3.63, 3.8) is 0 Å². The van der Waals surface area contributed by atoms with E-state index in [9.17, 15) is 0 Å². The summed E-state index contributed by atoms with van der Waals surface area (Å²) in [7, 11) is 0. The minimum Gasteiger partial charge on any atom is -0.380 e. The second-order valence-corrected chi connectivity index (χ2v) is 6.71. The standard InChI is InChI=1S/C17H24N2O/c1-11-7-6-8-13(9-11)15-14(20-19-16(15)18)10-12(2)17(3,4)5/h6-9,12H,10H2,1-5H3,(H2,18,19). The van der Waals surface area contributed by atoms with Gasteiger partial charge in [0, 0.05) is 6.42 Å². The zero-order valence-electron chi connectivity index (χ0n) is 13.0. The van der Waals surface area contributed by atoms with E-state index in [-0.39, 0.29) is 5.41 Å². The van der Waals surface area contributed by atoms with E-state index in [4.69, 9.17) is 10.3 Å². The van der Waals surface area contributed by atoms with Gasteiger partial charge in [-0.25, -0.2) is 0 Å². The van der Waals surface area contributed by atoms with Crippen molar-refractivity contribution >= 4 is 5.82 Å². The molecule has 0 fully saturated rings. The van der Waals surface area contributed by atoms with E-state index in [0.29, 0.717) is 11.7 Å². The van der Waals surface area contributed by atoms with Crippen LogP contribution in [0.25, 0.3) is 11.1 Å². The summed E-state index contributed by atoms with van der Waals surface area (Å²) in [4.78, 5) is 0. The minimum absolute atomic E-state index is 0.228. The van der Waals surface area contributed by atoms with Crippen molar-refractivity contribution in [3.8, 4) is 11.1 Å². The fourth-order valence-electron chi connectivity index (χ4n) is 2.17. The largest absolute Gasteiger partial charge is 0.380 e. The lowest BCUT2D eigenvalue weighted by Gasteiger charge is -2.26. The first kappa shape index (κ1) is 14.6. The first-order chi connectivity index (χ1) is 9.29. The number of nitrogens with zero attached hydrogens (tertiary/aromatic N) is 1. The molecular formula is C17H24N2O. The molecule has 2 N–H and O–H groups in total. The summed E-state index contributed by atoms with van der Waals surface area (Å²) >= 11 is 0. The van der Waals surface area contributed by atoms with Crippen molar-refractivity contribution in [1.29, 1.82) is 0 Å². The molecule has 0 saturated heterocycles. The van der Waals surface area contributed by atoms with E-state index in [2.05, 4.69) is 58.0 Å². The molecule has 2 aromatic rings. The smallest absolute Gasteiger partial charge is 0.175 e. The van der Waals surface area contributed by atoms with Gasteiger partial charge in [0.2, 0.25) is 0 Å². The zero-order valence-corrected chi connectivity index (χ0v) is 13.0. The van der Waals surface area contributed by atoms with Gasteiger partial charge >= 0.3 is 0 Å². The van der Waals surface area contributed by atoms with Crippen molar-refractivity contribution in [3.05, 3.63) is 35.6 Å². The van der Waals surface area contributed by atoms with Crippen molar-refractivity contribution in [2.45, 2.75) is 41.0 Å². The number of anilines is 1. The fraction of sp³-hybridized carbons (Fsp3) is 0.471. The van der Waals surface area contributed by atoms with Gasteiger partial charge in [-0.3, -0.25) is 0 Å². The molecule has 1 unspecified atom stereocenters. The third kappa shape index (κ3) is 3.03. The summed E-state index contributed by atoms with van der Waals surface area (Å²) in [5.74, 6) is 1.85. The van der Waals surface area contributed by atoms with Gasteiger partial charge in [-0.05, 0) is 23.8 Å². The number of benzene rings is 1. The maximum absolute atomic E-state index is 6.00. The van der Waals surface area contributed by atoms with Gasteiger partial charge in [-0.15, -0.1) is 0 Å². The quantitative estimate of drug-likeness (QED) is 0.897. The van der Waals surface area contributed by atoms with E-state index >= 15 is 0 Å². The molecule has 3 heteroatoms. The molecule has 0 radical (unpaired) electrons. The molecule has 108 valence electrons. The molecule has 1 heterocycles. The third-order valence-electron chi connectivity index (χ3n) is 4.07. The summed E-state index contributed by atoms with van der Waals surface area (Å²) in [5.41, 5.74) is 9.47. The van der Waals surface area contributed by atoms with Crippen LogP contribution in [0.15, 0.2) is 28.8 Å². The van der Waals surface area contributed by atoms with Gasteiger partial charge in [0.05, 0.1) is 5.56 Å². The Balaban J connectivity index is 2.38. The number of nitrogens with two attached hydrogens (primary N) is 1. The van der Waals surface area contributed by atoms with Crippen LogP contribution in [0.2, 0.25) is 0 Å². The van der Waals surface area contributed by atoms with Crippen molar-refractivity contribution in [1.82, 2.24) is 5.16 Å². The van der Waals surface area contributed by atoms with Gasteiger partial charge in [-0.1, -0.05) is 62.7 Å². The summed E-state index contributed by atoms with van der Waals surface area (Å²) in [5, 5.41) is 3.96. The molecule has 3 nitrogen and oxygen atoms in total. The molecule has 1 aromatic heterocycles. The highest BCUT2D eigenvalue weighted by Gasteiger charge is 2.25. The summed E-state index contributed by atoms with van der Waals surface area (Å²) in [6.45, 7) is 11.0. The molecule has 0 aliphatic heterocycles. The predicted molar refractivity (Wildman–Crippen MR) is 83.4 cm³/mol. The van der Waals surface area contributed by atoms with Crippen LogP contribution in [0, 0.1) is 18.3 Å². The molecule has 20 heavy (non-hydrogen) atoms. The number of rotatable bonds is 3. The van der Waals surface area contributed by atoms with Gasteiger partial charge in [0.15, 0.2) is 5.82 Å². The summed E-state index contributed by atoms with van der Waals surface area (Å²) < 4.78 is 5.48. The Morgan fingerprint density at radius 2 is 2.00 bits per heavy atom. The fourth-order valence-corrected chi connectivity index (χ4v) is 2.17. The van der Waals surface area contributed by atoms with Crippen LogP contribution in [0.3, 0.4) is 0 Å². The minimum atomic E-state index is 0.228. The molecular weight excluding hydrogens is 248 g/mol. The third-order valence-corrected chi connectivity index (χ3v) is 4.07. The van der Waals surface area contributed by atoms with Gasteiger partial charge in [-0.2, -0.15) is 0 Å². The maximum Gasteiger partial charge on any atom is 0.175 e. The van der Waals surface area contributed by atoms with Crippen LogP contribution in [0.5, 0.6) is 0 Å². The van der Waals surface area contributed by atoms with Gasteiger partial charge in [0.25, 0.3) is 0 Å². The van der Waals surface area contributed by atoms with Crippen LogP contribution in [-0.4, -0.2) is 5.16 Å². The highest BCUT2D eigenvalue weighted by atomic mass is 16.5. The van der Waals surface area contributed by atoms with Crippen LogP contribution < -0.4 is 5.73 Å². The van der Waals surface area contributed by atoms with Gasteiger partial charge < -0.3 is 10.3 Å². The Bertz CT molecular complexity index is 593. The number of aromatic nitrogens is 1.